The molecule has 100 valence electrons. The maximum absolute atomic E-state index is 10.6. The van der Waals surface area contributed by atoms with Crippen LogP contribution >= 0.6 is 15.9 Å². The summed E-state index contributed by atoms with van der Waals surface area (Å²) in [6.45, 7) is 2.46. The van der Waals surface area contributed by atoms with Crippen LogP contribution < -0.4 is 5.73 Å². The van der Waals surface area contributed by atoms with Gasteiger partial charge in [0.15, 0.2) is 0 Å². The highest BCUT2D eigenvalue weighted by molar-refractivity contribution is 9.10. The molecule has 19 heavy (non-hydrogen) atoms. The van der Waals surface area contributed by atoms with Crippen LogP contribution in [0, 0.1) is 6.92 Å². The Morgan fingerprint density at radius 3 is 2.21 bits per heavy atom. The predicted octanol–water partition coefficient (Wildman–Crippen LogP) is 3.53. The first kappa shape index (κ1) is 14.3. The van der Waals surface area contributed by atoms with E-state index in [1.54, 1.807) is 0 Å². The first-order chi connectivity index (χ1) is 9.15. The fourth-order valence-corrected chi connectivity index (χ4v) is 2.88. The Hall–Kier alpha value is -1.16. The molecule has 2 nitrogen and oxygen atoms in total. The second kappa shape index (κ2) is 6.33. The zero-order valence-electron chi connectivity index (χ0n) is 10.9. The summed E-state index contributed by atoms with van der Waals surface area (Å²) in [5, 5.41) is 10.6. The van der Waals surface area contributed by atoms with Gasteiger partial charge in [0.05, 0.1) is 6.10 Å². The smallest absolute Gasteiger partial charge is 0.0881 e. The van der Waals surface area contributed by atoms with Gasteiger partial charge in [-0.05, 0) is 29.7 Å². The normalized spacial score (nSPS) is 14.1. The summed E-state index contributed by atoms with van der Waals surface area (Å²) in [4.78, 5) is 0. The quantitative estimate of drug-likeness (QED) is 0.905. The third-order valence-electron chi connectivity index (χ3n) is 3.45. The summed E-state index contributed by atoms with van der Waals surface area (Å²) in [7, 11) is 0. The molecule has 0 bridgehead atoms. The summed E-state index contributed by atoms with van der Waals surface area (Å²) >= 11 is 3.48. The number of aliphatic hydroxyl groups is 1. The van der Waals surface area contributed by atoms with E-state index in [-0.39, 0.29) is 5.92 Å². The lowest BCUT2D eigenvalue weighted by Gasteiger charge is -2.24. The predicted molar refractivity (Wildman–Crippen MR) is 82.1 cm³/mol. The Morgan fingerprint density at radius 2 is 1.63 bits per heavy atom. The van der Waals surface area contributed by atoms with E-state index < -0.39 is 6.10 Å². The Kier molecular flexibility index (Phi) is 4.75. The Bertz CT molecular complexity index is 556. The zero-order chi connectivity index (χ0) is 13.8. The van der Waals surface area contributed by atoms with Gasteiger partial charge in [0, 0.05) is 16.9 Å². The van der Waals surface area contributed by atoms with Crippen molar-refractivity contribution in [3.63, 3.8) is 0 Å². The van der Waals surface area contributed by atoms with Crippen molar-refractivity contribution in [3.05, 3.63) is 69.7 Å². The van der Waals surface area contributed by atoms with Crippen molar-refractivity contribution < 1.29 is 5.11 Å². The number of rotatable bonds is 4. The molecule has 3 heteroatoms. The first-order valence-corrected chi connectivity index (χ1v) is 7.12. The van der Waals surface area contributed by atoms with E-state index in [1.165, 1.54) is 0 Å². The summed E-state index contributed by atoms with van der Waals surface area (Å²) < 4.78 is 0.912. The minimum atomic E-state index is -0.610. The standard InChI is InChI=1S/C16H18BrNO/c1-11-6-2-3-7-12(11)14(10-18)16(19)13-8-4-5-9-15(13)17/h2-9,14,16,19H,10,18H2,1H3. The van der Waals surface area contributed by atoms with E-state index in [9.17, 15) is 5.11 Å². The third-order valence-corrected chi connectivity index (χ3v) is 4.17. The van der Waals surface area contributed by atoms with Crippen LogP contribution in [0.1, 0.15) is 28.7 Å². The lowest BCUT2D eigenvalue weighted by atomic mass is 9.87. The molecule has 0 heterocycles. The Morgan fingerprint density at radius 1 is 1.05 bits per heavy atom. The molecule has 0 aliphatic heterocycles. The molecule has 0 saturated heterocycles. The van der Waals surface area contributed by atoms with Gasteiger partial charge in [-0.3, -0.25) is 0 Å². The van der Waals surface area contributed by atoms with Crippen LogP contribution in [0.25, 0.3) is 0 Å². The fourth-order valence-electron chi connectivity index (χ4n) is 2.36. The molecular weight excluding hydrogens is 302 g/mol. The summed E-state index contributed by atoms with van der Waals surface area (Å²) in [5.74, 6) is -0.0973. The van der Waals surface area contributed by atoms with Crippen molar-refractivity contribution >= 4 is 15.9 Å². The Balaban J connectivity index is 2.38. The second-order valence-electron chi connectivity index (χ2n) is 4.67. The maximum atomic E-state index is 10.6. The fraction of sp³-hybridized carbons (Fsp3) is 0.250. The minimum absolute atomic E-state index is 0.0973. The molecule has 3 N–H and O–H groups in total. The highest BCUT2D eigenvalue weighted by atomic mass is 79.9. The molecule has 0 amide bonds. The van der Waals surface area contributed by atoms with Gasteiger partial charge in [0.2, 0.25) is 0 Å². The molecule has 0 radical (unpaired) electrons. The highest BCUT2D eigenvalue weighted by Gasteiger charge is 2.24. The van der Waals surface area contributed by atoms with Crippen LogP contribution in [0.5, 0.6) is 0 Å². The zero-order valence-corrected chi connectivity index (χ0v) is 12.5. The van der Waals surface area contributed by atoms with Gasteiger partial charge in [-0.2, -0.15) is 0 Å². The van der Waals surface area contributed by atoms with Gasteiger partial charge in [0.1, 0.15) is 0 Å². The van der Waals surface area contributed by atoms with E-state index in [0.717, 1.165) is 21.2 Å². The lowest BCUT2D eigenvalue weighted by Crippen LogP contribution is -2.21. The molecule has 2 rings (SSSR count). The van der Waals surface area contributed by atoms with E-state index in [0.29, 0.717) is 6.54 Å². The molecule has 0 aliphatic carbocycles. The summed E-state index contributed by atoms with van der Waals surface area (Å²) in [5.41, 5.74) is 9.02. The molecule has 0 fully saturated rings. The average molecular weight is 320 g/mol. The van der Waals surface area contributed by atoms with Gasteiger partial charge in [-0.1, -0.05) is 58.4 Å². The minimum Gasteiger partial charge on any atom is -0.388 e. The Labute approximate surface area is 122 Å². The van der Waals surface area contributed by atoms with Gasteiger partial charge in [-0.15, -0.1) is 0 Å². The molecule has 0 spiro atoms. The van der Waals surface area contributed by atoms with E-state index >= 15 is 0 Å². The summed E-state index contributed by atoms with van der Waals surface area (Å²) in [6.07, 6.45) is -0.610. The number of hydrogen-bond acceptors (Lipinski definition) is 2. The van der Waals surface area contributed by atoms with Crippen LogP contribution in [0.4, 0.5) is 0 Å². The molecule has 0 saturated carbocycles. The van der Waals surface area contributed by atoms with E-state index in [4.69, 9.17) is 5.73 Å². The molecule has 2 aromatic rings. The van der Waals surface area contributed by atoms with Gasteiger partial charge >= 0.3 is 0 Å². The highest BCUT2D eigenvalue weighted by Crippen LogP contribution is 2.35. The van der Waals surface area contributed by atoms with Gasteiger partial charge in [0.25, 0.3) is 0 Å². The summed E-state index contributed by atoms with van der Waals surface area (Å²) in [6, 6.07) is 15.8. The van der Waals surface area contributed by atoms with Gasteiger partial charge in [-0.25, -0.2) is 0 Å². The largest absolute Gasteiger partial charge is 0.388 e. The molecule has 2 atom stereocenters. The number of hydrogen-bond donors (Lipinski definition) is 2. The molecule has 0 aliphatic rings. The van der Waals surface area contributed by atoms with Crippen molar-refractivity contribution in [1.29, 1.82) is 0 Å². The van der Waals surface area contributed by atoms with E-state index in [1.807, 2.05) is 55.5 Å². The van der Waals surface area contributed by atoms with Crippen molar-refractivity contribution in [2.75, 3.05) is 6.54 Å². The average Bonchev–Trinajstić information content (AvgIpc) is 2.42. The number of benzene rings is 2. The SMILES string of the molecule is Cc1ccccc1C(CN)C(O)c1ccccc1Br. The number of nitrogens with two attached hydrogens (primary N) is 1. The number of aliphatic hydroxyl groups excluding tert-OH is 1. The second-order valence-corrected chi connectivity index (χ2v) is 5.52. The number of halogens is 1. The topological polar surface area (TPSA) is 46.2 Å². The van der Waals surface area contributed by atoms with Crippen LogP contribution in [0.15, 0.2) is 53.0 Å². The maximum Gasteiger partial charge on any atom is 0.0881 e. The molecule has 2 unspecified atom stereocenters. The number of aryl methyl sites for hydroxylation is 1. The van der Waals surface area contributed by atoms with Crippen molar-refractivity contribution in [2.45, 2.75) is 18.9 Å². The third kappa shape index (κ3) is 3.06. The molecule has 0 aromatic heterocycles. The van der Waals surface area contributed by atoms with Crippen LogP contribution in [0.2, 0.25) is 0 Å². The first-order valence-electron chi connectivity index (χ1n) is 6.33. The van der Waals surface area contributed by atoms with Crippen LogP contribution in [0.3, 0.4) is 0 Å². The molecular formula is C16H18BrNO. The van der Waals surface area contributed by atoms with E-state index in [2.05, 4.69) is 15.9 Å². The van der Waals surface area contributed by atoms with Crippen molar-refractivity contribution in [1.82, 2.24) is 0 Å². The van der Waals surface area contributed by atoms with Crippen LogP contribution in [-0.4, -0.2) is 11.7 Å². The van der Waals surface area contributed by atoms with Crippen LogP contribution in [-0.2, 0) is 0 Å². The van der Waals surface area contributed by atoms with Crippen molar-refractivity contribution in [3.8, 4) is 0 Å². The molecule has 2 aromatic carbocycles. The monoisotopic (exact) mass is 319 g/mol. The van der Waals surface area contributed by atoms with Gasteiger partial charge < -0.3 is 10.8 Å². The lowest BCUT2D eigenvalue weighted by molar-refractivity contribution is 0.146. The van der Waals surface area contributed by atoms with Crippen molar-refractivity contribution in [2.24, 2.45) is 5.73 Å².